The van der Waals surface area contributed by atoms with Gasteiger partial charge in [-0.1, -0.05) is 11.6 Å². The number of amides is 2. The maximum Gasteiger partial charge on any atom is 0.270 e. The number of nitro groups is 1. The van der Waals surface area contributed by atoms with Gasteiger partial charge in [0.25, 0.3) is 11.6 Å². The molecule has 1 aliphatic heterocycles. The Hall–Kier alpha value is -2.15. The summed E-state index contributed by atoms with van der Waals surface area (Å²) in [5, 5.41) is 15.8. The Morgan fingerprint density at radius 2 is 2.26 bits per heavy atom. The van der Waals surface area contributed by atoms with Crippen LogP contribution in [0.5, 0.6) is 0 Å². The van der Waals surface area contributed by atoms with Gasteiger partial charge in [-0.15, -0.1) is 0 Å². The molecule has 0 spiro atoms. The third-order valence-electron chi connectivity index (χ3n) is 2.72. The number of nitrogens with zero attached hydrogens (tertiary/aromatic N) is 1. The molecule has 100 valence electrons. The number of carbonyl (C=O) groups excluding carboxylic acids is 2. The van der Waals surface area contributed by atoms with Gasteiger partial charge in [-0.25, -0.2) is 0 Å². The molecule has 2 amide bonds. The minimum Gasteiger partial charge on any atom is -0.354 e. The SMILES string of the molecule is O=C1CC(NC(=O)c2ccc([N+](=O)[O-])cc2Cl)CN1. The van der Waals surface area contributed by atoms with E-state index in [9.17, 15) is 19.7 Å². The molecule has 0 aliphatic carbocycles. The maximum absolute atomic E-state index is 11.9. The largest absolute Gasteiger partial charge is 0.354 e. The van der Waals surface area contributed by atoms with Crippen LogP contribution in [0.25, 0.3) is 0 Å². The smallest absolute Gasteiger partial charge is 0.270 e. The Balaban J connectivity index is 2.11. The van der Waals surface area contributed by atoms with E-state index in [0.717, 1.165) is 6.07 Å². The number of carbonyl (C=O) groups is 2. The Kier molecular flexibility index (Phi) is 3.66. The fourth-order valence-corrected chi connectivity index (χ4v) is 2.03. The first-order valence-electron chi connectivity index (χ1n) is 5.49. The average molecular weight is 284 g/mol. The van der Waals surface area contributed by atoms with Gasteiger partial charge in [0, 0.05) is 25.1 Å². The molecule has 19 heavy (non-hydrogen) atoms. The summed E-state index contributed by atoms with van der Waals surface area (Å²) in [7, 11) is 0. The molecule has 1 aromatic carbocycles. The van der Waals surface area contributed by atoms with Gasteiger partial charge < -0.3 is 10.6 Å². The number of hydrogen-bond acceptors (Lipinski definition) is 4. The number of halogens is 1. The van der Waals surface area contributed by atoms with Gasteiger partial charge in [0.2, 0.25) is 5.91 Å². The normalized spacial score (nSPS) is 17.9. The topological polar surface area (TPSA) is 101 Å². The van der Waals surface area contributed by atoms with Gasteiger partial charge in [0.15, 0.2) is 0 Å². The lowest BCUT2D eigenvalue weighted by Crippen LogP contribution is -2.36. The highest BCUT2D eigenvalue weighted by molar-refractivity contribution is 6.34. The van der Waals surface area contributed by atoms with E-state index in [1.807, 2.05) is 0 Å². The molecule has 2 N–H and O–H groups in total. The molecule has 1 aromatic rings. The van der Waals surface area contributed by atoms with Crippen LogP contribution in [0.3, 0.4) is 0 Å². The number of hydrogen-bond donors (Lipinski definition) is 2. The van der Waals surface area contributed by atoms with E-state index in [4.69, 9.17) is 11.6 Å². The summed E-state index contributed by atoms with van der Waals surface area (Å²) in [4.78, 5) is 32.9. The fraction of sp³-hybridized carbons (Fsp3) is 0.273. The molecule has 0 saturated carbocycles. The second kappa shape index (κ2) is 5.23. The van der Waals surface area contributed by atoms with Crippen LogP contribution in [-0.2, 0) is 4.79 Å². The fourth-order valence-electron chi connectivity index (χ4n) is 1.77. The summed E-state index contributed by atoms with van der Waals surface area (Å²) in [5.74, 6) is -0.582. The van der Waals surface area contributed by atoms with Gasteiger partial charge in [0.1, 0.15) is 0 Å². The van der Waals surface area contributed by atoms with Crippen LogP contribution in [0.15, 0.2) is 18.2 Å². The van der Waals surface area contributed by atoms with Crippen LogP contribution in [0.4, 0.5) is 5.69 Å². The summed E-state index contributed by atoms with van der Waals surface area (Å²) in [6, 6.07) is 3.33. The average Bonchev–Trinajstić information content (AvgIpc) is 2.74. The monoisotopic (exact) mass is 283 g/mol. The molecular formula is C11H10ClN3O4. The van der Waals surface area contributed by atoms with E-state index in [1.54, 1.807) is 0 Å². The lowest BCUT2D eigenvalue weighted by atomic mass is 10.1. The lowest BCUT2D eigenvalue weighted by Gasteiger charge is -2.11. The zero-order valence-corrected chi connectivity index (χ0v) is 10.4. The van der Waals surface area contributed by atoms with Crippen molar-refractivity contribution >= 4 is 29.1 Å². The van der Waals surface area contributed by atoms with Gasteiger partial charge in [-0.3, -0.25) is 19.7 Å². The van der Waals surface area contributed by atoms with Crippen molar-refractivity contribution in [2.45, 2.75) is 12.5 Å². The van der Waals surface area contributed by atoms with Crippen molar-refractivity contribution in [2.24, 2.45) is 0 Å². The summed E-state index contributed by atoms with van der Waals surface area (Å²) >= 11 is 5.83. The highest BCUT2D eigenvalue weighted by Gasteiger charge is 2.24. The predicted octanol–water partition coefficient (Wildman–Crippen LogP) is 0.866. The zero-order valence-electron chi connectivity index (χ0n) is 9.68. The first kappa shape index (κ1) is 13.3. The molecule has 7 nitrogen and oxygen atoms in total. The summed E-state index contributed by atoms with van der Waals surface area (Å²) in [6.07, 6.45) is 0.219. The first-order chi connectivity index (χ1) is 8.97. The molecule has 1 heterocycles. The lowest BCUT2D eigenvalue weighted by molar-refractivity contribution is -0.384. The van der Waals surface area contributed by atoms with Crippen LogP contribution < -0.4 is 10.6 Å². The highest BCUT2D eigenvalue weighted by atomic mass is 35.5. The minimum absolute atomic E-state index is 0.00369. The Bertz CT molecular complexity index is 561. The third-order valence-corrected chi connectivity index (χ3v) is 3.03. The second-order valence-electron chi connectivity index (χ2n) is 4.10. The Morgan fingerprint density at radius 1 is 1.53 bits per heavy atom. The minimum atomic E-state index is -0.590. The van der Waals surface area contributed by atoms with E-state index in [2.05, 4.69) is 10.6 Å². The third kappa shape index (κ3) is 3.00. The highest BCUT2D eigenvalue weighted by Crippen LogP contribution is 2.22. The van der Waals surface area contributed by atoms with E-state index in [-0.39, 0.29) is 34.6 Å². The quantitative estimate of drug-likeness (QED) is 0.634. The number of nitro benzene ring substituents is 1. The number of benzene rings is 1. The van der Waals surface area contributed by atoms with Crippen molar-refractivity contribution in [3.05, 3.63) is 38.9 Å². The molecule has 0 bridgehead atoms. The van der Waals surface area contributed by atoms with Gasteiger partial charge in [0.05, 0.1) is 21.6 Å². The molecule has 1 unspecified atom stereocenters. The van der Waals surface area contributed by atoms with Crippen LogP contribution in [0.2, 0.25) is 5.02 Å². The van der Waals surface area contributed by atoms with E-state index < -0.39 is 10.8 Å². The predicted molar refractivity (Wildman–Crippen MR) is 67.0 cm³/mol. The summed E-state index contributed by atoms with van der Waals surface area (Å²) < 4.78 is 0. The molecule has 0 aromatic heterocycles. The number of non-ortho nitro benzene ring substituents is 1. The number of nitrogens with one attached hydrogen (secondary N) is 2. The second-order valence-corrected chi connectivity index (χ2v) is 4.51. The molecule has 0 radical (unpaired) electrons. The molecule has 1 saturated heterocycles. The van der Waals surface area contributed by atoms with Crippen LogP contribution in [-0.4, -0.2) is 29.3 Å². The van der Waals surface area contributed by atoms with Gasteiger partial charge >= 0.3 is 0 Å². The van der Waals surface area contributed by atoms with Crippen molar-refractivity contribution in [2.75, 3.05) is 6.54 Å². The Labute approximate surface area is 113 Å². The van der Waals surface area contributed by atoms with Gasteiger partial charge in [-0.2, -0.15) is 0 Å². The van der Waals surface area contributed by atoms with E-state index in [1.165, 1.54) is 12.1 Å². The van der Waals surface area contributed by atoms with Crippen LogP contribution in [0, 0.1) is 10.1 Å². The molecule has 1 fully saturated rings. The number of rotatable bonds is 3. The summed E-state index contributed by atoms with van der Waals surface area (Å²) in [5.41, 5.74) is -0.0362. The zero-order chi connectivity index (χ0) is 14.0. The Morgan fingerprint density at radius 3 is 2.79 bits per heavy atom. The first-order valence-corrected chi connectivity index (χ1v) is 5.86. The van der Waals surface area contributed by atoms with Crippen molar-refractivity contribution in [3.8, 4) is 0 Å². The van der Waals surface area contributed by atoms with Gasteiger partial charge in [-0.05, 0) is 6.07 Å². The maximum atomic E-state index is 11.9. The van der Waals surface area contributed by atoms with E-state index >= 15 is 0 Å². The standard InChI is InChI=1S/C11H10ClN3O4/c12-9-4-7(15(18)19)1-2-8(9)11(17)14-6-3-10(16)13-5-6/h1-2,4,6H,3,5H2,(H,13,16)(H,14,17). The van der Waals surface area contributed by atoms with Crippen LogP contribution in [0.1, 0.15) is 16.8 Å². The molecule has 2 rings (SSSR count). The molecular weight excluding hydrogens is 274 g/mol. The van der Waals surface area contributed by atoms with E-state index in [0.29, 0.717) is 6.54 Å². The molecule has 1 aliphatic rings. The van der Waals surface area contributed by atoms with Crippen molar-refractivity contribution in [1.82, 2.24) is 10.6 Å². The van der Waals surface area contributed by atoms with Crippen molar-refractivity contribution < 1.29 is 14.5 Å². The molecule has 1 atom stereocenters. The summed E-state index contributed by atoms with van der Waals surface area (Å²) in [6.45, 7) is 0.370. The van der Waals surface area contributed by atoms with Crippen LogP contribution >= 0.6 is 11.6 Å². The van der Waals surface area contributed by atoms with Crippen molar-refractivity contribution in [1.29, 1.82) is 0 Å². The van der Waals surface area contributed by atoms with Crippen molar-refractivity contribution in [3.63, 3.8) is 0 Å². The molecule has 8 heteroatoms.